The second kappa shape index (κ2) is 5.27. The molecule has 0 aliphatic carbocycles. The Morgan fingerprint density at radius 1 is 1.25 bits per heavy atom. The largest absolute Gasteiger partial charge is 0.454 e. The van der Waals surface area contributed by atoms with Gasteiger partial charge in [0.05, 0.1) is 11.6 Å². The van der Waals surface area contributed by atoms with Crippen molar-refractivity contribution in [2.75, 3.05) is 12.1 Å². The third-order valence-electron chi connectivity index (χ3n) is 2.83. The van der Waals surface area contributed by atoms with Gasteiger partial charge in [-0.3, -0.25) is 0 Å². The molecule has 0 radical (unpaired) electrons. The highest BCUT2D eigenvalue weighted by Gasteiger charge is 2.13. The molecule has 0 unspecified atom stereocenters. The summed E-state index contributed by atoms with van der Waals surface area (Å²) in [6, 6.07) is 10.9. The average Bonchev–Trinajstić information content (AvgIpc) is 2.92. The summed E-state index contributed by atoms with van der Waals surface area (Å²) in [5, 5.41) is 12.3. The topological polar surface area (TPSA) is 67.2 Å². The second-order valence-electron chi connectivity index (χ2n) is 4.22. The number of nitrogens with zero attached hydrogens (tertiary/aromatic N) is 2. The number of rotatable bonds is 3. The lowest BCUT2D eigenvalue weighted by Gasteiger charge is -2.07. The van der Waals surface area contributed by atoms with Gasteiger partial charge >= 0.3 is 0 Å². The van der Waals surface area contributed by atoms with E-state index in [0.717, 1.165) is 17.1 Å². The average molecular weight is 288 g/mol. The van der Waals surface area contributed by atoms with Crippen LogP contribution in [-0.2, 0) is 6.54 Å². The van der Waals surface area contributed by atoms with Gasteiger partial charge in [0, 0.05) is 6.54 Å². The predicted octanol–water partition coefficient (Wildman–Crippen LogP) is 2.95. The van der Waals surface area contributed by atoms with E-state index in [1.165, 1.54) is 6.07 Å². The van der Waals surface area contributed by atoms with Crippen molar-refractivity contribution in [1.29, 1.82) is 5.26 Å². The fourth-order valence-electron chi connectivity index (χ4n) is 1.90. The number of anilines is 1. The zero-order chi connectivity index (χ0) is 13.9. The van der Waals surface area contributed by atoms with Crippen LogP contribution in [-0.4, -0.2) is 11.8 Å². The van der Waals surface area contributed by atoms with E-state index in [-0.39, 0.29) is 11.9 Å². The number of nitrogens with one attached hydrogen (secondary N) is 1. The van der Waals surface area contributed by atoms with Gasteiger partial charge in [-0.2, -0.15) is 5.26 Å². The van der Waals surface area contributed by atoms with Crippen LogP contribution in [0.15, 0.2) is 30.3 Å². The number of benzene rings is 1. The van der Waals surface area contributed by atoms with Crippen molar-refractivity contribution in [3.63, 3.8) is 0 Å². The Bertz CT molecular complexity index is 697. The van der Waals surface area contributed by atoms with Crippen molar-refractivity contribution < 1.29 is 9.47 Å². The first-order valence-corrected chi connectivity index (χ1v) is 6.32. The van der Waals surface area contributed by atoms with Crippen molar-refractivity contribution in [3.05, 3.63) is 46.6 Å². The van der Waals surface area contributed by atoms with Crippen LogP contribution in [0.3, 0.4) is 0 Å². The highest BCUT2D eigenvalue weighted by Crippen LogP contribution is 2.32. The Morgan fingerprint density at radius 2 is 2.10 bits per heavy atom. The fraction of sp³-hybridized carbons (Fsp3) is 0.143. The first-order chi connectivity index (χ1) is 9.74. The number of nitriles is 1. The standard InChI is InChI=1S/C14H10ClN3O2/c15-13-4-10(6-16)5-14(18-13)17-7-9-1-2-11-12(3-9)20-8-19-11/h1-5H,7-8H2,(H,17,18). The van der Waals surface area contributed by atoms with Gasteiger partial charge in [0.1, 0.15) is 11.0 Å². The Hall–Kier alpha value is -2.45. The predicted molar refractivity (Wildman–Crippen MR) is 73.9 cm³/mol. The maximum absolute atomic E-state index is 8.88. The number of hydrogen-bond donors (Lipinski definition) is 1. The Labute approximate surface area is 120 Å². The van der Waals surface area contributed by atoms with Gasteiger partial charge in [0.2, 0.25) is 6.79 Å². The molecular weight excluding hydrogens is 278 g/mol. The smallest absolute Gasteiger partial charge is 0.231 e. The molecule has 20 heavy (non-hydrogen) atoms. The number of fused-ring (bicyclic) bond motifs is 1. The van der Waals surface area contributed by atoms with Gasteiger partial charge in [0.15, 0.2) is 11.5 Å². The molecule has 100 valence electrons. The summed E-state index contributed by atoms with van der Waals surface area (Å²) in [5.74, 6) is 2.05. The summed E-state index contributed by atoms with van der Waals surface area (Å²) in [5.41, 5.74) is 1.49. The Balaban J connectivity index is 1.73. The molecule has 0 saturated carbocycles. The molecule has 2 aromatic rings. The maximum Gasteiger partial charge on any atom is 0.231 e. The van der Waals surface area contributed by atoms with Crippen LogP contribution in [0.1, 0.15) is 11.1 Å². The molecular formula is C14H10ClN3O2. The molecule has 0 amide bonds. The number of pyridine rings is 1. The molecule has 5 nitrogen and oxygen atoms in total. The quantitative estimate of drug-likeness (QED) is 0.879. The molecule has 0 atom stereocenters. The zero-order valence-corrected chi connectivity index (χ0v) is 11.1. The molecule has 1 aromatic heterocycles. The van der Waals surface area contributed by atoms with Crippen LogP contribution in [0.4, 0.5) is 5.82 Å². The normalized spacial score (nSPS) is 12.0. The van der Waals surface area contributed by atoms with E-state index in [0.29, 0.717) is 17.9 Å². The van der Waals surface area contributed by atoms with E-state index in [1.807, 2.05) is 24.3 Å². The minimum absolute atomic E-state index is 0.258. The zero-order valence-electron chi connectivity index (χ0n) is 10.4. The summed E-state index contributed by atoms with van der Waals surface area (Å²) in [4.78, 5) is 4.12. The highest BCUT2D eigenvalue weighted by molar-refractivity contribution is 6.29. The van der Waals surface area contributed by atoms with Crippen molar-refractivity contribution in [3.8, 4) is 17.6 Å². The van der Waals surface area contributed by atoms with Crippen LogP contribution in [0.25, 0.3) is 0 Å². The lowest BCUT2D eigenvalue weighted by molar-refractivity contribution is 0.174. The highest BCUT2D eigenvalue weighted by atomic mass is 35.5. The molecule has 1 aliphatic heterocycles. The van der Waals surface area contributed by atoms with Crippen LogP contribution < -0.4 is 14.8 Å². The van der Waals surface area contributed by atoms with E-state index in [1.54, 1.807) is 6.07 Å². The minimum Gasteiger partial charge on any atom is -0.454 e. The molecule has 3 rings (SSSR count). The molecule has 0 saturated heterocycles. The third-order valence-corrected chi connectivity index (χ3v) is 3.03. The summed E-state index contributed by atoms with van der Waals surface area (Å²) in [6.45, 7) is 0.808. The van der Waals surface area contributed by atoms with E-state index < -0.39 is 0 Å². The van der Waals surface area contributed by atoms with Crippen LogP contribution in [0.5, 0.6) is 11.5 Å². The molecule has 1 N–H and O–H groups in total. The molecule has 6 heteroatoms. The van der Waals surface area contributed by atoms with Crippen LogP contribution in [0.2, 0.25) is 5.15 Å². The number of halogens is 1. The van der Waals surface area contributed by atoms with Crippen molar-refractivity contribution in [1.82, 2.24) is 4.98 Å². The van der Waals surface area contributed by atoms with Gasteiger partial charge < -0.3 is 14.8 Å². The van der Waals surface area contributed by atoms with E-state index >= 15 is 0 Å². The number of ether oxygens (including phenoxy) is 2. The summed E-state index contributed by atoms with van der Waals surface area (Å²) in [7, 11) is 0. The summed E-state index contributed by atoms with van der Waals surface area (Å²) >= 11 is 5.85. The van der Waals surface area contributed by atoms with E-state index in [4.69, 9.17) is 26.3 Å². The minimum atomic E-state index is 0.258. The van der Waals surface area contributed by atoms with Gasteiger partial charge in [-0.05, 0) is 29.8 Å². The van der Waals surface area contributed by atoms with Crippen molar-refractivity contribution in [2.45, 2.75) is 6.54 Å². The lowest BCUT2D eigenvalue weighted by atomic mass is 10.2. The van der Waals surface area contributed by atoms with Gasteiger partial charge in [-0.15, -0.1) is 0 Å². The molecule has 0 spiro atoms. The van der Waals surface area contributed by atoms with E-state index in [2.05, 4.69) is 10.3 Å². The number of hydrogen-bond acceptors (Lipinski definition) is 5. The molecule has 0 bridgehead atoms. The van der Waals surface area contributed by atoms with Gasteiger partial charge in [-0.1, -0.05) is 17.7 Å². The van der Waals surface area contributed by atoms with Crippen LogP contribution >= 0.6 is 11.6 Å². The van der Waals surface area contributed by atoms with Crippen LogP contribution in [0, 0.1) is 11.3 Å². The molecule has 1 aliphatic rings. The molecule has 2 heterocycles. The van der Waals surface area contributed by atoms with E-state index in [9.17, 15) is 0 Å². The summed E-state index contributed by atoms with van der Waals surface area (Å²) in [6.07, 6.45) is 0. The second-order valence-corrected chi connectivity index (χ2v) is 4.60. The SMILES string of the molecule is N#Cc1cc(Cl)nc(NCc2ccc3c(c2)OCO3)c1. The summed E-state index contributed by atoms with van der Waals surface area (Å²) < 4.78 is 10.6. The number of aromatic nitrogens is 1. The third kappa shape index (κ3) is 2.60. The fourth-order valence-corrected chi connectivity index (χ4v) is 2.10. The monoisotopic (exact) mass is 287 g/mol. The molecule has 0 fully saturated rings. The molecule has 1 aromatic carbocycles. The van der Waals surface area contributed by atoms with Gasteiger partial charge in [0.25, 0.3) is 0 Å². The Kier molecular flexibility index (Phi) is 3.32. The van der Waals surface area contributed by atoms with Crippen molar-refractivity contribution in [2.24, 2.45) is 0 Å². The van der Waals surface area contributed by atoms with Crippen molar-refractivity contribution >= 4 is 17.4 Å². The maximum atomic E-state index is 8.88. The lowest BCUT2D eigenvalue weighted by Crippen LogP contribution is -2.02. The first-order valence-electron chi connectivity index (χ1n) is 5.95. The Morgan fingerprint density at radius 3 is 2.95 bits per heavy atom. The first kappa shape index (κ1) is 12.6. The van der Waals surface area contributed by atoms with Gasteiger partial charge in [-0.25, -0.2) is 4.98 Å².